The number of allylic oxidation sites excluding steroid dienone is 1. The zero-order valence-electron chi connectivity index (χ0n) is 16.5. The number of hydrogen-bond donors (Lipinski definition) is 2. The Balaban J connectivity index is 1.73. The molecule has 2 N–H and O–H groups in total. The lowest BCUT2D eigenvalue weighted by atomic mass is 9.40. The third-order valence-electron chi connectivity index (χ3n) is 9.10. The van der Waals surface area contributed by atoms with Gasteiger partial charge in [-0.3, -0.25) is 4.79 Å². The highest BCUT2D eigenvalue weighted by Crippen LogP contribution is 2.72. The van der Waals surface area contributed by atoms with Crippen LogP contribution in [0.15, 0.2) is 12.2 Å². The number of aliphatic hydroxyl groups excluding tert-OH is 2. The standard InChI is InChI=1S/C22H34O4/c1-13-10-22-11-15(13)5-6-16(22)20(3)8-7-19(26-14(2)24)21(4,12-23)17(20)9-18(22)25/h15-19,23,25H,1,5-12H2,2-4H3/t15-,16?,17?,18+,19-,20+,21-,22+/m1/s1. The second kappa shape index (κ2) is 5.81. The average molecular weight is 363 g/mol. The van der Waals surface area contributed by atoms with Gasteiger partial charge in [0.2, 0.25) is 0 Å². The number of rotatable bonds is 2. The Labute approximate surface area is 157 Å². The minimum Gasteiger partial charge on any atom is -0.462 e. The first-order valence-corrected chi connectivity index (χ1v) is 10.3. The van der Waals surface area contributed by atoms with Crippen LogP contribution >= 0.6 is 0 Å². The maximum absolute atomic E-state index is 11.6. The Bertz CT molecular complexity index is 630. The summed E-state index contributed by atoms with van der Waals surface area (Å²) < 4.78 is 5.65. The fourth-order valence-corrected chi connectivity index (χ4v) is 7.88. The van der Waals surface area contributed by atoms with E-state index in [2.05, 4.69) is 20.4 Å². The van der Waals surface area contributed by atoms with Crippen LogP contribution in [0.1, 0.15) is 65.7 Å². The van der Waals surface area contributed by atoms with Gasteiger partial charge in [0, 0.05) is 17.8 Å². The van der Waals surface area contributed by atoms with Crippen molar-refractivity contribution < 1.29 is 19.7 Å². The smallest absolute Gasteiger partial charge is 0.302 e. The largest absolute Gasteiger partial charge is 0.462 e. The fraction of sp³-hybridized carbons (Fsp3) is 0.864. The maximum atomic E-state index is 11.6. The van der Waals surface area contributed by atoms with Crippen molar-refractivity contribution >= 4 is 5.97 Å². The summed E-state index contributed by atoms with van der Waals surface area (Å²) in [6, 6.07) is 0. The van der Waals surface area contributed by atoms with Crippen molar-refractivity contribution in [1.29, 1.82) is 0 Å². The van der Waals surface area contributed by atoms with E-state index in [1.807, 2.05) is 0 Å². The first kappa shape index (κ1) is 18.5. The van der Waals surface area contributed by atoms with E-state index in [0.29, 0.717) is 18.3 Å². The SMILES string of the molecule is C=C1C[C@]23C[C@H]1CCC2[C@]1(C)CC[C@@H](OC(C)=O)[C@](C)(CO)C1C[C@@H]3O. The Morgan fingerprint density at radius 1 is 1.27 bits per heavy atom. The molecule has 2 unspecified atom stereocenters. The molecule has 4 rings (SSSR count). The molecule has 26 heavy (non-hydrogen) atoms. The quantitative estimate of drug-likeness (QED) is 0.583. The molecular weight excluding hydrogens is 328 g/mol. The lowest BCUT2D eigenvalue weighted by Gasteiger charge is -2.66. The van der Waals surface area contributed by atoms with Gasteiger partial charge >= 0.3 is 5.97 Å². The molecule has 4 saturated carbocycles. The zero-order chi connectivity index (χ0) is 18.9. The zero-order valence-corrected chi connectivity index (χ0v) is 16.5. The number of carbonyl (C=O) groups is 1. The Morgan fingerprint density at radius 3 is 2.65 bits per heavy atom. The van der Waals surface area contributed by atoms with Gasteiger partial charge in [-0.2, -0.15) is 0 Å². The molecule has 0 aliphatic heterocycles. The molecule has 4 nitrogen and oxygen atoms in total. The number of carbonyl (C=O) groups excluding carboxylic acids is 1. The first-order valence-electron chi connectivity index (χ1n) is 10.3. The van der Waals surface area contributed by atoms with E-state index in [9.17, 15) is 15.0 Å². The van der Waals surface area contributed by atoms with Gasteiger partial charge < -0.3 is 14.9 Å². The summed E-state index contributed by atoms with van der Waals surface area (Å²) in [5.41, 5.74) is 0.902. The van der Waals surface area contributed by atoms with Gasteiger partial charge in [0.15, 0.2) is 0 Å². The van der Waals surface area contributed by atoms with E-state index >= 15 is 0 Å². The van der Waals surface area contributed by atoms with Gasteiger partial charge in [-0.15, -0.1) is 0 Å². The molecule has 4 aliphatic carbocycles. The molecule has 0 aromatic rings. The minimum atomic E-state index is -0.492. The van der Waals surface area contributed by atoms with Gasteiger partial charge in [0.25, 0.3) is 0 Å². The lowest BCUT2D eigenvalue weighted by Crippen LogP contribution is -2.65. The second-order valence-electron chi connectivity index (χ2n) is 10.2. The average Bonchev–Trinajstić information content (AvgIpc) is 2.84. The highest BCUT2D eigenvalue weighted by molar-refractivity contribution is 5.66. The van der Waals surface area contributed by atoms with Crippen LogP contribution in [0.5, 0.6) is 0 Å². The molecule has 0 radical (unpaired) electrons. The summed E-state index contributed by atoms with van der Waals surface area (Å²) in [4.78, 5) is 11.6. The van der Waals surface area contributed by atoms with Crippen LogP contribution < -0.4 is 0 Å². The predicted molar refractivity (Wildman–Crippen MR) is 99.2 cm³/mol. The van der Waals surface area contributed by atoms with Gasteiger partial charge in [0.1, 0.15) is 6.10 Å². The third-order valence-corrected chi connectivity index (χ3v) is 9.10. The molecule has 0 saturated heterocycles. The summed E-state index contributed by atoms with van der Waals surface area (Å²) in [7, 11) is 0. The Hall–Kier alpha value is -0.870. The third kappa shape index (κ3) is 2.24. The van der Waals surface area contributed by atoms with Gasteiger partial charge in [0.05, 0.1) is 12.7 Å². The molecule has 2 bridgehead atoms. The molecule has 0 aromatic carbocycles. The molecule has 4 fully saturated rings. The van der Waals surface area contributed by atoms with Crippen molar-refractivity contribution in [2.75, 3.05) is 6.61 Å². The van der Waals surface area contributed by atoms with Crippen molar-refractivity contribution in [3.63, 3.8) is 0 Å². The molecule has 146 valence electrons. The van der Waals surface area contributed by atoms with Crippen molar-refractivity contribution in [3.8, 4) is 0 Å². The van der Waals surface area contributed by atoms with Crippen LogP contribution in [0, 0.1) is 34.0 Å². The Kier molecular flexibility index (Phi) is 4.13. The van der Waals surface area contributed by atoms with Gasteiger partial charge in [-0.05, 0) is 68.1 Å². The van der Waals surface area contributed by atoms with E-state index in [1.165, 1.54) is 18.9 Å². The monoisotopic (exact) mass is 362 g/mol. The molecule has 4 aliphatic rings. The van der Waals surface area contributed by atoms with Crippen LogP contribution in [-0.4, -0.2) is 35.0 Å². The summed E-state index contributed by atoms with van der Waals surface area (Å²) in [5, 5.41) is 21.7. The number of ether oxygens (including phenoxy) is 1. The summed E-state index contributed by atoms with van der Waals surface area (Å²) >= 11 is 0. The number of hydrogen-bond acceptors (Lipinski definition) is 4. The van der Waals surface area contributed by atoms with Crippen LogP contribution in [0.2, 0.25) is 0 Å². The van der Waals surface area contributed by atoms with Crippen LogP contribution in [0.3, 0.4) is 0 Å². The van der Waals surface area contributed by atoms with E-state index in [-0.39, 0.29) is 41.5 Å². The van der Waals surface area contributed by atoms with E-state index in [4.69, 9.17) is 4.74 Å². The molecule has 1 spiro atoms. The van der Waals surface area contributed by atoms with Crippen molar-refractivity contribution in [1.82, 2.24) is 0 Å². The van der Waals surface area contributed by atoms with Gasteiger partial charge in [-0.1, -0.05) is 26.0 Å². The predicted octanol–water partition coefficient (Wildman–Crippen LogP) is 3.46. The second-order valence-corrected chi connectivity index (χ2v) is 10.2. The summed E-state index contributed by atoms with van der Waals surface area (Å²) in [6.45, 7) is 10.2. The summed E-state index contributed by atoms with van der Waals surface area (Å²) in [6.07, 6.45) is 6.27. The van der Waals surface area contributed by atoms with Crippen molar-refractivity contribution in [3.05, 3.63) is 12.2 Å². The van der Waals surface area contributed by atoms with Crippen LogP contribution in [0.4, 0.5) is 0 Å². The molecular formula is C22H34O4. The topological polar surface area (TPSA) is 66.8 Å². The molecule has 0 aromatic heterocycles. The molecule has 0 heterocycles. The van der Waals surface area contributed by atoms with E-state index in [1.54, 1.807) is 0 Å². The number of esters is 1. The van der Waals surface area contributed by atoms with Crippen LogP contribution in [-0.2, 0) is 9.53 Å². The number of fused-ring (bicyclic) bond motifs is 3. The van der Waals surface area contributed by atoms with E-state index in [0.717, 1.165) is 32.1 Å². The number of aliphatic hydroxyl groups is 2. The Morgan fingerprint density at radius 2 is 2.00 bits per heavy atom. The fourth-order valence-electron chi connectivity index (χ4n) is 7.88. The van der Waals surface area contributed by atoms with Gasteiger partial charge in [-0.25, -0.2) is 0 Å². The molecule has 8 atom stereocenters. The highest BCUT2D eigenvalue weighted by Gasteiger charge is 2.68. The van der Waals surface area contributed by atoms with Crippen molar-refractivity contribution in [2.45, 2.75) is 77.9 Å². The lowest BCUT2D eigenvalue weighted by molar-refractivity contribution is -0.235. The molecule has 0 amide bonds. The normalized spacial score (nSPS) is 53.0. The first-order chi connectivity index (χ1) is 12.2. The maximum Gasteiger partial charge on any atom is 0.302 e. The molecule has 4 heteroatoms. The van der Waals surface area contributed by atoms with Crippen LogP contribution in [0.25, 0.3) is 0 Å². The van der Waals surface area contributed by atoms with Crippen molar-refractivity contribution in [2.24, 2.45) is 34.0 Å². The summed E-state index contributed by atoms with van der Waals surface area (Å²) in [5.74, 6) is 0.930. The highest BCUT2D eigenvalue weighted by atomic mass is 16.5. The van der Waals surface area contributed by atoms with E-state index < -0.39 is 5.41 Å². The minimum absolute atomic E-state index is 0.00697.